The summed E-state index contributed by atoms with van der Waals surface area (Å²) in [5.41, 5.74) is 6.17. The van der Waals surface area contributed by atoms with Crippen molar-refractivity contribution in [3.05, 3.63) is 65.0 Å². The molecule has 1 fully saturated rings. The minimum atomic E-state index is 0.207. The lowest BCUT2D eigenvalue weighted by Crippen LogP contribution is -2.48. The predicted molar refractivity (Wildman–Crippen MR) is 138 cm³/mol. The van der Waals surface area contributed by atoms with Crippen LogP contribution in [0.5, 0.6) is 11.5 Å². The monoisotopic (exact) mass is 485 g/mol. The summed E-state index contributed by atoms with van der Waals surface area (Å²) in [5, 5.41) is 5.79. The molecule has 0 saturated carbocycles. The summed E-state index contributed by atoms with van der Waals surface area (Å²) in [5.74, 6) is 1.86. The number of hydrogen-bond donors (Lipinski definition) is 0. The van der Waals surface area contributed by atoms with Crippen molar-refractivity contribution in [3.63, 3.8) is 0 Å². The number of piperazine rings is 1. The third-order valence-corrected chi connectivity index (χ3v) is 7.34. The molecule has 2 aliphatic heterocycles. The molecule has 0 unspecified atom stereocenters. The van der Waals surface area contributed by atoms with Gasteiger partial charge in [0.2, 0.25) is 5.91 Å². The third kappa shape index (κ3) is 4.26. The largest absolute Gasteiger partial charge is 0.486 e. The predicted octanol–water partition coefficient (Wildman–Crippen LogP) is 3.55. The van der Waals surface area contributed by atoms with Gasteiger partial charge in [-0.1, -0.05) is 18.2 Å². The molecule has 8 heteroatoms. The number of aromatic nitrogens is 3. The lowest BCUT2D eigenvalue weighted by atomic mass is 10.1. The first-order valence-corrected chi connectivity index (χ1v) is 12.7. The van der Waals surface area contributed by atoms with Gasteiger partial charge in [0.25, 0.3) is 0 Å². The van der Waals surface area contributed by atoms with Gasteiger partial charge in [-0.05, 0) is 55.7 Å². The number of ether oxygens (including phenoxy) is 2. The van der Waals surface area contributed by atoms with Crippen molar-refractivity contribution in [2.75, 3.05) is 39.4 Å². The van der Waals surface area contributed by atoms with Gasteiger partial charge in [-0.3, -0.25) is 9.69 Å². The summed E-state index contributed by atoms with van der Waals surface area (Å²) in [6.07, 6.45) is 1.16. The molecule has 4 heterocycles. The van der Waals surface area contributed by atoms with Crippen molar-refractivity contribution in [2.45, 2.75) is 33.2 Å². The van der Waals surface area contributed by atoms with Crippen LogP contribution in [-0.2, 0) is 17.8 Å². The van der Waals surface area contributed by atoms with Crippen LogP contribution in [0.4, 0.5) is 0 Å². The van der Waals surface area contributed by atoms with Crippen molar-refractivity contribution in [2.24, 2.45) is 0 Å². The third-order valence-electron chi connectivity index (χ3n) is 7.34. The van der Waals surface area contributed by atoms with Crippen LogP contribution in [0.25, 0.3) is 16.6 Å². The van der Waals surface area contributed by atoms with Crippen LogP contribution in [0.3, 0.4) is 0 Å². The Hall–Kier alpha value is -3.65. The van der Waals surface area contributed by atoms with Gasteiger partial charge < -0.3 is 14.4 Å². The van der Waals surface area contributed by atoms with Crippen LogP contribution in [0.2, 0.25) is 0 Å². The van der Waals surface area contributed by atoms with Gasteiger partial charge in [0.1, 0.15) is 13.2 Å². The standard InChI is InChI=1S/C28H31N5O3/c1-19-22(20(2)33-28(29-19)23-5-3-4-6-24(23)30-33)8-10-27(34)32-13-11-31(12-14-32)18-21-7-9-25-26(17-21)36-16-15-35-25/h3-7,9,17H,8,10-16,18H2,1-2H3. The number of aryl methyl sites for hydroxylation is 2. The molecule has 1 amide bonds. The molecular formula is C28H31N5O3. The van der Waals surface area contributed by atoms with E-state index in [1.54, 1.807) is 0 Å². The second-order valence-corrected chi connectivity index (χ2v) is 9.65. The molecule has 1 saturated heterocycles. The smallest absolute Gasteiger partial charge is 0.222 e. The average Bonchev–Trinajstić information content (AvgIpc) is 3.27. The number of carbonyl (C=O) groups is 1. The topological polar surface area (TPSA) is 72.2 Å². The molecule has 0 radical (unpaired) electrons. The molecule has 2 aromatic carbocycles. The Bertz CT molecular complexity index is 1440. The van der Waals surface area contributed by atoms with E-state index in [1.165, 1.54) is 5.56 Å². The molecule has 0 N–H and O–H groups in total. The molecule has 0 aliphatic carbocycles. The molecule has 186 valence electrons. The van der Waals surface area contributed by atoms with Crippen LogP contribution in [0.15, 0.2) is 42.5 Å². The highest BCUT2D eigenvalue weighted by Crippen LogP contribution is 2.31. The SMILES string of the molecule is Cc1nc2c3ccccc3nn2c(C)c1CCC(=O)N1CCN(Cc2ccc3c(c2)OCCO3)CC1. The fourth-order valence-electron chi connectivity index (χ4n) is 5.33. The second-order valence-electron chi connectivity index (χ2n) is 9.65. The first-order valence-electron chi connectivity index (χ1n) is 12.7. The summed E-state index contributed by atoms with van der Waals surface area (Å²) in [7, 11) is 0. The highest BCUT2D eigenvalue weighted by atomic mass is 16.6. The second kappa shape index (κ2) is 9.43. The lowest BCUT2D eigenvalue weighted by Gasteiger charge is -2.35. The summed E-state index contributed by atoms with van der Waals surface area (Å²) in [4.78, 5) is 22.3. The molecular weight excluding hydrogens is 454 g/mol. The van der Waals surface area contributed by atoms with Gasteiger partial charge >= 0.3 is 0 Å². The van der Waals surface area contributed by atoms with Crippen LogP contribution in [-0.4, -0.2) is 69.7 Å². The number of carbonyl (C=O) groups excluding carboxylic acids is 1. The number of amides is 1. The zero-order chi connectivity index (χ0) is 24.6. The molecule has 8 nitrogen and oxygen atoms in total. The Morgan fingerprint density at radius 2 is 1.75 bits per heavy atom. The van der Waals surface area contributed by atoms with Crippen LogP contribution < -0.4 is 9.47 Å². The number of fused-ring (bicyclic) bond motifs is 4. The first-order chi connectivity index (χ1) is 17.6. The number of hydrogen-bond acceptors (Lipinski definition) is 6. The van der Waals surface area contributed by atoms with E-state index >= 15 is 0 Å². The Morgan fingerprint density at radius 3 is 2.58 bits per heavy atom. The molecule has 36 heavy (non-hydrogen) atoms. The van der Waals surface area contributed by atoms with Crippen molar-refractivity contribution in [3.8, 4) is 11.5 Å². The molecule has 0 spiro atoms. The minimum Gasteiger partial charge on any atom is -0.486 e. The Morgan fingerprint density at radius 1 is 0.972 bits per heavy atom. The maximum atomic E-state index is 13.1. The minimum absolute atomic E-state index is 0.207. The zero-order valence-electron chi connectivity index (χ0n) is 20.9. The maximum Gasteiger partial charge on any atom is 0.222 e. The van der Waals surface area contributed by atoms with E-state index in [0.29, 0.717) is 26.1 Å². The average molecular weight is 486 g/mol. The quantitative estimate of drug-likeness (QED) is 0.431. The van der Waals surface area contributed by atoms with Gasteiger partial charge in [-0.15, -0.1) is 0 Å². The van der Waals surface area contributed by atoms with E-state index in [2.05, 4.69) is 30.0 Å². The molecule has 2 aromatic heterocycles. The molecule has 0 bridgehead atoms. The number of rotatable bonds is 5. The van der Waals surface area contributed by atoms with Crippen LogP contribution in [0.1, 0.15) is 28.9 Å². The van der Waals surface area contributed by atoms with Gasteiger partial charge in [-0.25, -0.2) is 9.50 Å². The fraction of sp³-hybridized carbons (Fsp3) is 0.393. The molecule has 6 rings (SSSR count). The molecule has 0 atom stereocenters. The number of nitrogens with zero attached hydrogens (tertiary/aromatic N) is 5. The first kappa shape index (κ1) is 22.8. The van der Waals surface area contributed by atoms with E-state index in [-0.39, 0.29) is 5.91 Å². The molecule has 4 aromatic rings. The van der Waals surface area contributed by atoms with E-state index in [4.69, 9.17) is 19.6 Å². The van der Waals surface area contributed by atoms with Crippen LogP contribution >= 0.6 is 0 Å². The Labute approximate surface area is 210 Å². The van der Waals surface area contributed by atoms with Gasteiger partial charge in [0.05, 0.1) is 5.52 Å². The highest BCUT2D eigenvalue weighted by molar-refractivity contribution is 5.92. The van der Waals surface area contributed by atoms with E-state index in [0.717, 1.165) is 77.7 Å². The Balaban J connectivity index is 1.07. The van der Waals surface area contributed by atoms with Crippen molar-refractivity contribution >= 4 is 22.5 Å². The van der Waals surface area contributed by atoms with Gasteiger partial charge in [-0.2, -0.15) is 5.10 Å². The van der Waals surface area contributed by atoms with Crippen molar-refractivity contribution in [1.82, 2.24) is 24.4 Å². The Kier molecular flexibility index (Phi) is 5.97. The van der Waals surface area contributed by atoms with E-state index in [9.17, 15) is 4.79 Å². The van der Waals surface area contributed by atoms with Crippen molar-refractivity contribution < 1.29 is 14.3 Å². The normalized spacial score (nSPS) is 16.1. The van der Waals surface area contributed by atoms with Crippen LogP contribution in [0, 0.1) is 13.8 Å². The van der Waals surface area contributed by atoms with Gasteiger partial charge in [0, 0.05) is 55.9 Å². The summed E-state index contributed by atoms with van der Waals surface area (Å²) in [6, 6.07) is 14.2. The summed E-state index contributed by atoms with van der Waals surface area (Å²) < 4.78 is 13.3. The van der Waals surface area contributed by atoms with Gasteiger partial charge in [0.15, 0.2) is 17.1 Å². The maximum absolute atomic E-state index is 13.1. The lowest BCUT2D eigenvalue weighted by molar-refractivity contribution is -0.133. The summed E-state index contributed by atoms with van der Waals surface area (Å²) >= 11 is 0. The van der Waals surface area contributed by atoms with Crippen molar-refractivity contribution in [1.29, 1.82) is 0 Å². The highest BCUT2D eigenvalue weighted by Gasteiger charge is 2.23. The number of benzene rings is 2. The van der Waals surface area contributed by atoms with E-state index < -0.39 is 0 Å². The zero-order valence-corrected chi connectivity index (χ0v) is 20.9. The molecule has 2 aliphatic rings. The fourth-order valence-corrected chi connectivity index (χ4v) is 5.33. The summed E-state index contributed by atoms with van der Waals surface area (Å²) in [6.45, 7) is 9.39. The van der Waals surface area contributed by atoms with E-state index in [1.807, 2.05) is 40.6 Å².